The van der Waals surface area contributed by atoms with Crippen molar-refractivity contribution in [2.75, 3.05) is 26.9 Å². The molecular weight excluding hydrogens is 238 g/mol. The van der Waals surface area contributed by atoms with Crippen molar-refractivity contribution in [3.05, 3.63) is 29.8 Å². The highest BCUT2D eigenvalue weighted by atomic mass is 16.5. The van der Waals surface area contributed by atoms with Gasteiger partial charge in [0.15, 0.2) is 0 Å². The molecule has 0 heterocycles. The molecule has 1 aromatic rings. The average molecular weight is 265 g/mol. The van der Waals surface area contributed by atoms with Crippen LogP contribution in [0.25, 0.3) is 0 Å². The van der Waals surface area contributed by atoms with Crippen LogP contribution in [-0.4, -0.2) is 26.9 Å². The van der Waals surface area contributed by atoms with Crippen LogP contribution in [0.3, 0.4) is 0 Å². The van der Waals surface area contributed by atoms with Gasteiger partial charge in [-0.05, 0) is 31.9 Å². The summed E-state index contributed by atoms with van der Waals surface area (Å²) < 4.78 is 10.9. The molecule has 1 atom stereocenters. The van der Waals surface area contributed by atoms with Gasteiger partial charge in [0.25, 0.3) is 0 Å². The van der Waals surface area contributed by atoms with E-state index in [1.54, 1.807) is 7.11 Å². The second-order valence-electron chi connectivity index (χ2n) is 4.62. The minimum Gasteiger partial charge on any atom is -0.496 e. The summed E-state index contributed by atoms with van der Waals surface area (Å²) in [6, 6.07) is 8.57. The van der Waals surface area contributed by atoms with Crippen LogP contribution in [0.4, 0.5) is 0 Å². The number of benzene rings is 1. The Bertz CT molecular complexity index is 341. The van der Waals surface area contributed by atoms with Crippen molar-refractivity contribution in [2.24, 2.45) is 0 Å². The lowest BCUT2D eigenvalue weighted by molar-refractivity contribution is 0.131. The Morgan fingerprint density at radius 3 is 2.63 bits per heavy atom. The highest BCUT2D eigenvalue weighted by molar-refractivity contribution is 5.35. The number of nitrogens with one attached hydrogen (secondary N) is 1. The molecule has 3 nitrogen and oxygen atoms in total. The molecule has 0 radical (unpaired) electrons. The molecule has 0 spiro atoms. The predicted octanol–water partition coefficient (Wildman–Crippen LogP) is 3.55. The molecule has 0 aliphatic carbocycles. The van der Waals surface area contributed by atoms with E-state index < -0.39 is 0 Å². The number of rotatable bonds is 10. The van der Waals surface area contributed by atoms with Crippen LogP contribution >= 0.6 is 0 Å². The first kappa shape index (κ1) is 16.0. The number of ether oxygens (including phenoxy) is 2. The monoisotopic (exact) mass is 265 g/mol. The summed E-state index contributed by atoms with van der Waals surface area (Å²) in [7, 11) is 1.73. The van der Waals surface area contributed by atoms with Crippen LogP contribution in [-0.2, 0) is 4.74 Å². The number of hydrogen-bond acceptors (Lipinski definition) is 3. The fourth-order valence-corrected chi connectivity index (χ4v) is 2.13. The van der Waals surface area contributed by atoms with Crippen molar-refractivity contribution in [3.8, 4) is 5.75 Å². The Balaban J connectivity index is 2.40. The van der Waals surface area contributed by atoms with E-state index in [-0.39, 0.29) is 0 Å². The zero-order valence-electron chi connectivity index (χ0n) is 12.4. The highest BCUT2D eigenvalue weighted by Gasteiger charge is 2.12. The van der Waals surface area contributed by atoms with Gasteiger partial charge in [0, 0.05) is 24.8 Å². The summed E-state index contributed by atoms with van der Waals surface area (Å²) in [5, 5.41) is 3.58. The zero-order chi connectivity index (χ0) is 13.9. The Morgan fingerprint density at radius 1 is 1.16 bits per heavy atom. The minimum absolute atomic E-state index is 0.349. The Morgan fingerprint density at radius 2 is 1.95 bits per heavy atom. The van der Waals surface area contributed by atoms with Gasteiger partial charge in [-0.15, -0.1) is 0 Å². The molecule has 0 fully saturated rings. The third kappa shape index (κ3) is 5.62. The average Bonchev–Trinajstić information content (AvgIpc) is 2.47. The summed E-state index contributed by atoms with van der Waals surface area (Å²) in [4.78, 5) is 0. The van der Waals surface area contributed by atoms with Gasteiger partial charge in [-0.1, -0.05) is 32.0 Å². The zero-order valence-corrected chi connectivity index (χ0v) is 12.4. The molecule has 0 bridgehead atoms. The molecule has 0 aliphatic rings. The molecule has 0 aromatic heterocycles. The lowest BCUT2D eigenvalue weighted by atomic mass is 10.0. The van der Waals surface area contributed by atoms with Gasteiger partial charge in [-0.3, -0.25) is 0 Å². The van der Waals surface area contributed by atoms with Gasteiger partial charge in [-0.2, -0.15) is 0 Å². The smallest absolute Gasteiger partial charge is 0.123 e. The molecule has 1 aromatic carbocycles. The van der Waals surface area contributed by atoms with Crippen LogP contribution < -0.4 is 10.1 Å². The molecule has 1 N–H and O–H groups in total. The van der Waals surface area contributed by atoms with Gasteiger partial charge in [0.1, 0.15) is 5.75 Å². The molecule has 1 unspecified atom stereocenters. The van der Waals surface area contributed by atoms with E-state index in [2.05, 4.69) is 31.3 Å². The van der Waals surface area contributed by atoms with Crippen molar-refractivity contribution in [2.45, 2.75) is 39.2 Å². The highest BCUT2D eigenvalue weighted by Crippen LogP contribution is 2.26. The van der Waals surface area contributed by atoms with Gasteiger partial charge >= 0.3 is 0 Å². The van der Waals surface area contributed by atoms with E-state index >= 15 is 0 Å². The van der Waals surface area contributed by atoms with Crippen molar-refractivity contribution in [3.63, 3.8) is 0 Å². The topological polar surface area (TPSA) is 30.5 Å². The SMILES string of the molecule is CCCOCCCNC(CC)c1ccccc1OC. The molecular formula is C16H27NO2. The van der Waals surface area contributed by atoms with Crippen molar-refractivity contribution in [1.82, 2.24) is 5.32 Å². The van der Waals surface area contributed by atoms with E-state index in [1.807, 2.05) is 12.1 Å². The summed E-state index contributed by atoms with van der Waals surface area (Å²) >= 11 is 0. The molecule has 0 amide bonds. The fourth-order valence-electron chi connectivity index (χ4n) is 2.13. The maximum atomic E-state index is 5.48. The minimum atomic E-state index is 0.349. The summed E-state index contributed by atoms with van der Waals surface area (Å²) in [5.41, 5.74) is 1.24. The number of methoxy groups -OCH3 is 1. The molecule has 108 valence electrons. The standard InChI is InChI=1S/C16H27NO2/c1-4-12-19-13-8-11-17-15(5-2)14-9-6-7-10-16(14)18-3/h6-7,9-10,15,17H,4-5,8,11-13H2,1-3H3. The van der Waals surface area contributed by atoms with Crippen LogP contribution in [0.1, 0.15) is 44.7 Å². The lowest BCUT2D eigenvalue weighted by Crippen LogP contribution is -2.23. The van der Waals surface area contributed by atoms with Crippen LogP contribution in [0.2, 0.25) is 0 Å². The largest absolute Gasteiger partial charge is 0.496 e. The maximum absolute atomic E-state index is 5.48. The maximum Gasteiger partial charge on any atom is 0.123 e. The van der Waals surface area contributed by atoms with E-state index in [1.165, 1.54) is 5.56 Å². The number of hydrogen-bond donors (Lipinski definition) is 1. The Labute approximate surface area is 117 Å². The van der Waals surface area contributed by atoms with Crippen LogP contribution in [0.5, 0.6) is 5.75 Å². The first-order chi connectivity index (χ1) is 9.33. The van der Waals surface area contributed by atoms with Crippen LogP contribution in [0.15, 0.2) is 24.3 Å². The summed E-state index contributed by atoms with van der Waals surface area (Å²) in [6.45, 7) is 7.00. The molecule has 0 saturated carbocycles. The first-order valence-electron chi connectivity index (χ1n) is 7.27. The van der Waals surface area contributed by atoms with E-state index in [0.717, 1.165) is 44.8 Å². The normalized spacial score (nSPS) is 12.4. The Kier molecular flexibility index (Phi) is 8.26. The summed E-state index contributed by atoms with van der Waals surface area (Å²) in [6.07, 6.45) is 3.19. The van der Waals surface area contributed by atoms with Crippen molar-refractivity contribution in [1.29, 1.82) is 0 Å². The third-order valence-electron chi connectivity index (χ3n) is 3.13. The van der Waals surface area contributed by atoms with E-state index in [4.69, 9.17) is 9.47 Å². The molecule has 3 heteroatoms. The molecule has 19 heavy (non-hydrogen) atoms. The van der Waals surface area contributed by atoms with Crippen molar-refractivity contribution >= 4 is 0 Å². The van der Waals surface area contributed by atoms with E-state index in [0.29, 0.717) is 6.04 Å². The quantitative estimate of drug-likeness (QED) is 0.656. The van der Waals surface area contributed by atoms with Gasteiger partial charge in [-0.25, -0.2) is 0 Å². The van der Waals surface area contributed by atoms with E-state index in [9.17, 15) is 0 Å². The second kappa shape index (κ2) is 9.82. The fraction of sp³-hybridized carbons (Fsp3) is 0.625. The lowest BCUT2D eigenvalue weighted by Gasteiger charge is -2.20. The Hall–Kier alpha value is -1.06. The molecule has 0 aliphatic heterocycles. The van der Waals surface area contributed by atoms with Gasteiger partial charge < -0.3 is 14.8 Å². The third-order valence-corrected chi connectivity index (χ3v) is 3.13. The van der Waals surface area contributed by atoms with Gasteiger partial charge in [0.05, 0.1) is 7.11 Å². The summed E-state index contributed by atoms with van der Waals surface area (Å²) in [5.74, 6) is 0.962. The molecule has 1 rings (SSSR count). The van der Waals surface area contributed by atoms with Gasteiger partial charge in [0.2, 0.25) is 0 Å². The predicted molar refractivity (Wildman–Crippen MR) is 79.8 cm³/mol. The second-order valence-corrected chi connectivity index (χ2v) is 4.62. The number of para-hydroxylation sites is 1. The van der Waals surface area contributed by atoms with Crippen molar-refractivity contribution < 1.29 is 9.47 Å². The first-order valence-corrected chi connectivity index (χ1v) is 7.27. The molecule has 0 saturated heterocycles. The van der Waals surface area contributed by atoms with Crippen LogP contribution in [0, 0.1) is 0 Å².